The van der Waals surface area contributed by atoms with Crippen molar-refractivity contribution in [1.29, 1.82) is 0 Å². The lowest BCUT2D eigenvalue weighted by Gasteiger charge is -2.31. The highest BCUT2D eigenvalue weighted by Crippen LogP contribution is 2.33. The highest BCUT2D eigenvalue weighted by molar-refractivity contribution is 5.87. The normalized spacial score (nSPS) is 29.3. The van der Waals surface area contributed by atoms with Gasteiger partial charge in [0.2, 0.25) is 0 Å². The monoisotopic (exact) mass is 465 g/mol. The van der Waals surface area contributed by atoms with Crippen molar-refractivity contribution in [2.75, 3.05) is 0 Å². The van der Waals surface area contributed by atoms with Gasteiger partial charge >= 0.3 is 5.97 Å². The van der Waals surface area contributed by atoms with Gasteiger partial charge in [0.25, 0.3) is 0 Å². The van der Waals surface area contributed by atoms with Crippen LogP contribution in [-0.4, -0.2) is 27.9 Å². The number of pyridine rings is 1. The van der Waals surface area contributed by atoms with E-state index in [1.54, 1.807) is 6.20 Å². The molecule has 0 saturated heterocycles. The van der Waals surface area contributed by atoms with Crippen molar-refractivity contribution in [3.63, 3.8) is 0 Å². The van der Waals surface area contributed by atoms with Crippen molar-refractivity contribution in [2.24, 2.45) is 17.3 Å². The molecule has 0 spiro atoms. The number of ketones is 1. The molecule has 2 heterocycles. The van der Waals surface area contributed by atoms with Gasteiger partial charge in [-0.1, -0.05) is 51.5 Å². The molecule has 0 saturated carbocycles. The smallest absolute Gasteiger partial charge is 0.306 e. The Bertz CT molecular complexity index is 1040. The molecule has 5 nitrogen and oxygen atoms in total. The van der Waals surface area contributed by atoms with E-state index in [0.717, 1.165) is 35.7 Å². The van der Waals surface area contributed by atoms with E-state index in [-0.39, 0.29) is 24.1 Å². The van der Waals surface area contributed by atoms with Crippen LogP contribution in [0.25, 0.3) is 10.9 Å². The summed E-state index contributed by atoms with van der Waals surface area (Å²) in [6, 6.07) is 9.89. The van der Waals surface area contributed by atoms with E-state index >= 15 is 0 Å². The summed E-state index contributed by atoms with van der Waals surface area (Å²) < 4.78 is 5.96. The van der Waals surface area contributed by atoms with Crippen molar-refractivity contribution >= 4 is 22.7 Å². The molecule has 3 rings (SSSR count). The summed E-state index contributed by atoms with van der Waals surface area (Å²) in [5.41, 5.74) is 2.38. The minimum Gasteiger partial charge on any atom is -0.457 e. The van der Waals surface area contributed by atoms with E-state index < -0.39 is 23.5 Å². The first-order valence-corrected chi connectivity index (χ1v) is 12.5. The number of aromatic nitrogens is 1. The summed E-state index contributed by atoms with van der Waals surface area (Å²) in [6.07, 6.45) is 6.72. The van der Waals surface area contributed by atoms with Gasteiger partial charge in [-0.2, -0.15) is 0 Å². The summed E-state index contributed by atoms with van der Waals surface area (Å²) >= 11 is 0. The second-order valence-electron chi connectivity index (χ2n) is 10.6. The Morgan fingerprint density at radius 3 is 2.65 bits per heavy atom. The second-order valence-corrected chi connectivity index (χ2v) is 10.6. The molecule has 0 amide bonds. The third-order valence-electron chi connectivity index (χ3n) is 7.31. The van der Waals surface area contributed by atoms with E-state index in [0.29, 0.717) is 12.8 Å². The van der Waals surface area contributed by atoms with Crippen LogP contribution in [0, 0.1) is 17.3 Å². The third-order valence-corrected chi connectivity index (χ3v) is 7.31. The number of nitrogens with zero attached hydrogens (tertiary/aromatic N) is 1. The molecule has 2 aromatic rings. The fraction of sp³-hybridized carbons (Fsp3) is 0.552. The molecular weight excluding hydrogens is 426 g/mol. The molecule has 1 aromatic carbocycles. The summed E-state index contributed by atoms with van der Waals surface area (Å²) in [4.78, 5) is 30.4. The Hall–Kier alpha value is -2.53. The molecule has 34 heavy (non-hydrogen) atoms. The summed E-state index contributed by atoms with van der Waals surface area (Å²) in [6.45, 7) is 9.65. The maximum Gasteiger partial charge on any atom is 0.306 e. The standard InChI is InChI=1S/C29H39NO4/c1-19-8-6-9-20(2)27(32)21(3)28(33)29(4,5)16-15-26(31)34-25(14-11-19)23-12-13-24-22(18-23)10-7-17-30-24/h7,10-13,17-18,20-21,25,27,32H,6,8-9,14-16H2,1-5H3/b19-11-/t20-,21+,25?,27-/m0/s1. The zero-order valence-electron chi connectivity index (χ0n) is 21.2. The van der Waals surface area contributed by atoms with Crippen molar-refractivity contribution in [3.05, 3.63) is 53.7 Å². The third kappa shape index (κ3) is 6.53. The van der Waals surface area contributed by atoms with Gasteiger partial charge in [0.15, 0.2) is 0 Å². The van der Waals surface area contributed by atoms with Crippen LogP contribution >= 0.6 is 0 Å². The highest BCUT2D eigenvalue weighted by Gasteiger charge is 2.36. The Morgan fingerprint density at radius 1 is 1.12 bits per heavy atom. The zero-order chi connectivity index (χ0) is 24.9. The number of cyclic esters (lactones) is 1. The van der Waals surface area contributed by atoms with Crippen LogP contribution in [0.2, 0.25) is 0 Å². The molecule has 0 aliphatic carbocycles. The number of carbonyl (C=O) groups is 2. The van der Waals surface area contributed by atoms with Crippen LogP contribution in [0.15, 0.2) is 48.2 Å². The van der Waals surface area contributed by atoms with Crippen LogP contribution in [0.5, 0.6) is 0 Å². The summed E-state index contributed by atoms with van der Waals surface area (Å²) in [5.74, 6) is -0.734. The Morgan fingerprint density at radius 2 is 1.88 bits per heavy atom. The van der Waals surface area contributed by atoms with Gasteiger partial charge in [0.1, 0.15) is 11.9 Å². The van der Waals surface area contributed by atoms with Crippen LogP contribution in [-0.2, 0) is 14.3 Å². The van der Waals surface area contributed by atoms with Crippen molar-refractivity contribution in [3.8, 4) is 0 Å². The predicted octanol–water partition coefficient (Wildman–Crippen LogP) is 6.35. The van der Waals surface area contributed by atoms with Gasteiger partial charge in [0.05, 0.1) is 11.6 Å². The minimum atomic E-state index is -0.711. The molecule has 1 aliphatic heterocycles. The lowest BCUT2D eigenvalue weighted by Crippen LogP contribution is -2.39. The number of aliphatic hydroxyl groups is 1. The Kier molecular flexibility index (Phi) is 8.64. The van der Waals surface area contributed by atoms with Gasteiger partial charge in [-0.3, -0.25) is 14.6 Å². The number of Topliss-reactive ketones (excluding diaryl/α,β-unsaturated/α-hetero) is 1. The van der Waals surface area contributed by atoms with E-state index in [1.807, 2.05) is 58.0 Å². The average Bonchev–Trinajstić information content (AvgIpc) is 2.83. The molecule has 0 bridgehead atoms. The Balaban J connectivity index is 1.87. The number of benzene rings is 1. The zero-order valence-corrected chi connectivity index (χ0v) is 21.2. The average molecular weight is 466 g/mol. The lowest BCUT2D eigenvalue weighted by atomic mass is 9.74. The van der Waals surface area contributed by atoms with Crippen LogP contribution < -0.4 is 0 Å². The topological polar surface area (TPSA) is 76.5 Å². The van der Waals surface area contributed by atoms with Gasteiger partial charge in [-0.25, -0.2) is 0 Å². The molecule has 184 valence electrons. The maximum absolute atomic E-state index is 13.2. The number of allylic oxidation sites excluding steroid dienone is 1. The lowest BCUT2D eigenvalue weighted by molar-refractivity contribution is -0.150. The Labute approximate surface area is 203 Å². The SMILES string of the molecule is C/C1=C/CC(c2ccc3ncccc3c2)OC(=O)CCC(C)(C)C(=O)[C@H](C)[C@@H](O)[C@@H](C)CCC1. The first-order valence-electron chi connectivity index (χ1n) is 12.5. The predicted molar refractivity (Wildman–Crippen MR) is 135 cm³/mol. The maximum atomic E-state index is 13.2. The molecule has 1 N–H and O–H groups in total. The van der Waals surface area contributed by atoms with Crippen molar-refractivity contribution in [1.82, 2.24) is 4.98 Å². The first-order chi connectivity index (χ1) is 16.1. The molecular formula is C29H39NO4. The fourth-order valence-corrected chi connectivity index (χ4v) is 4.85. The molecule has 4 atom stereocenters. The van der Waals surface area contributed by atoms with E-state index in [4.69, 9.17) is 4.74 Å². The number of aliphatic hydroxyl groups excluding tert-OH is 1. The van der Waals surface area contributed by atoms with Crippen LogP contribution in [0.4, 0.5) is 0 Å². The van der Waals surface area contributed by atoms with Crippen LogP contribution in [0.3, 0.4) is 0 Å². The second kappa shape index (κ2) is 11.3. The number of carbonyl (C=O) groups excluding carboxylic acids is 2. The molecule has 0 radical (unpaired) electrons. The minimum absolute atomic E-state index is 0.00130. The summed E-state index contributed by atoms with van der Waals surface area (Å²) in [7, 11) is 0. The quantitative estimate of drug-likeness (QED) is 0.392. The molecule has 0 fully saturated rings. The van der Waals surface area contributed by atoms with Crippen molar-refractivity contribution in [2.45, 2.75) is 85.4 Å². The van der Waals surface area contributed by atoms with Crippen LogP contribution in [0.1, 0.15) is 84.8 Å². The molecule has 1 aromatic heterocycles. The van der Waals surface area contributed by atoms with E-state index in [1.165, 1.54) is 5.57 Å². The number of hydrogen-bond donors (Lipinski definition) is 1. The van der Waals surface area contributed by atoms with Crippen molar-refractivity contribution < 1.29 is 19.4 Å². The fourth-order valence-electron chi connectivity index (χ4n) is 4.85. The van der Waals surface area contributed by atoms with E-state index in [9.17, 15) is 14.7 Å². The van der Waals surface area contributed by atoms with Gasteiger partial charge in [-0.05, 0) is 62.3 Å². The van der Waals surface area contributed by atoms with Gasteiger partial charge < -0.3 is 9.84 Å². The largest absolute Gasteiger partial charge is 0.457 e. The molecule has 1 unspecified atom stereocenters. The number of rotatable bonds is 1. The first kappa shape index (κ1) is 26.1. The number of hydrogen-bond acceptors (Lipinski definition) is 5. The summed E-state index contributed by atoms with van der Waals surface area (Å²) in [5, 5.41) is 11.8. The van der Waals surface area contributed by atoms with Gasteiger partial charge in [0, 0.05) is 35.8 Å². The van der Waals surface area contributed by atoms with E-state index in [2.05, 4.69) is 18.0 Å². The number of fused-ring (bicyclic) bond motifs is 1. The number of esters is 1. The highest BCUT2D eigenvalue weighted by atomic mass is 16.5. The number of ether oxygens (including phenoxy) is 1. The molecule has 5 heteroatoms. The molecule has 1 aliphatic rings. The van der Waals surface area contributed by atoms with Gasteiger partial charge in [-0.15, -0.1) is 0 Å².